The lowest BCUT2D eigenvalue weighted by molar-refractivity contribution is 0.0691. The Kier molecular flexibility index (Phi) is 3.67. The van der Waals surface area contributed by atoms with Crippen molar-refractivity contribution < 1.29 is 9.90 Å². The van der Waals surface area contributed by atoms with Crippen molar-refractivity contribution in [3.63, 3.8) is 0 Å². The smallest absolute Gasteiger partial charge is 0.354 e. The highest BCUT2D eigenvalue weighted by molar-refractivity contribution is 5.97. The number of aromatic nitrogens is 1. The van der Waals surface area contributed by atoms with Gasteiger partial charge in [-0.2, -0.15) is 0 Å². The summed E-state index contributed by atoms with van der Waals surface area (Å²) in [7, 11) is 0. The van der Waals surface area contributed by atoms with Crippen molar-refractivity contribution in [2.75, 3.05) is 5.32 Å². The van der Waals surface area contributed by atoms with E-state index in [-0.39, 0.29) is 11.7 Å². The first-order chi connectivity index (χ1) is 9.11. The van der Waals surface area contributed by atoms with E-state index in [1.165, 1.54) is 6.07 Å². The molecule has 0 saturated heterocycles. The summed E-state index contributed by atoms with van der Waals surface area (Å²) < 4.78 is 0. The summed E-state index contributed by atoms with van der Waals surface area (Å²) in [6.07, 6.45) is 5.85. The number of pyridine rings is 1. The SMILES string of the molecule is C#CCC(C)Nc1cc(C(=O)O)nc2ccccc12. The van der Waals surface area contributed by atoms with Crippen LogP contribution < -0.4 is 5.32 Å². The van der Waals surface area contributed by atoms with Crippen LogP contribution in [0.4, 0.5) is 5.69 Å². The predicted octanol–water partition coefficient (Wildman–Crippen LogP) is 2.76. The van der Waals surface area contributed by atoms with Crippen molar-refractivity contribution in [3.05, 3.63) is 36.0 Å². The highest BCUT2D eigenvalue weighted by Crippen LogP contribution is 2.24. The molecule has 0 bridgehead atoms. The van der Waals surface area contributed by atoms with E-state index in [4.69, 9.17) is 11.5 Å². The molecule has 1 heterocycles. The molecule has 0 radical (unpaired) electrons. The normalized spacial score (nSPS) is 11.8. The Morgan fingerprint density at radius 2 is 2.26 bits per heavy atom. The second kappa shape index (κ2) is 5.40. The summed E-state index contributed by atoms with van der Waals surface area (Å²) in [5, 5.41) is 13.2. The molecule has 0 saturated carbocycles. The topological polar surface area (TPSA) is 62.2 Å². The van der Waals surface area contributed by atoms with Crippen LogP contribution in [0.1, 0.15) is 23.8 Å². The number of carboxylic acid groups (broad SMARTS) is 1. The van der Waals surface area contributed by atoms with Gasteiger partial charge in [0.15, 0.2) is 5.69 Å². The molecule has 0 spiro atoms. The minimum Gasteiger partial charge on any atom is -0.477 e. The Balaban J connectivity index is 2.51. The number of anilines is 1. The van der Waals surface area contributed by atoms with Gasteiger partial charge in [0.05, 0.1) is 5.52 Å². The van der Waals surface area contributed by atoms with Crippen molar-refractivity contribution in [2.24, 2.45) is 0 Å². The van der Waals surface area contributed by atoms with Gasteiger partial charge in [0.2, 0.25) is 0 Å². The highest BCUT2D eigenvalue weighted by Gasteiger charge is 2.11. The fraction of sp³-hybridized carbons (Fsp3) is 0.200. The second-order valence-electron chi connectivity index (χ2n) is 4.33. The van der Waals surface area contributed by atoms with Gasteiger partial charge in [-0.15, -0.1) is 12.3 Å². The number of nitrogens with one attached hydrogen (secondary N) is 1. The third-order valence-electron chi connectivity index (χ3n) is 2.76. The summed E-state index contributed by atoms with van der Waals surface area (Å²) in [6.45, 7) is 1.95. The standard InChI is InChI=1S/C15H14N2O2/c1-3-6-10(2)16-13-9-14(15(18)19)17-12-8-5-4-7-11(12)13/h1,4-5,7-10H,6H2,2H3,(H,16,17)(H,18,19). The molecule has 4 heteroatoms. The van der Waals surface area contributed by atoms with Gasteiger partial charge in [-0.25, -0.2) is 9.78 Å². The van der Waals surface area contributed by atoms with Crippen molar-refractivity contribution in [1.29, 1.82) is 0 Å². The van der Waals surface area contributed by atoms with Gasteiger partial charge in [0.25, 0.3) is 0 Å². The average molecular weight is 254 g/mol. The number of aromatic carboxylic acids is 1. The number of rotatable bonds is 4. The maximum Gasteiger partial charge on any atom is 0.354 e. The van der Waals surface area contributed by atoms with Crippen molar-refractivity contribution >= 4 is 22.6 Å². The summed E-state index contributed by atoms with van der Waals surface area (Å²) in [6, 6.07) is 9.02. The van der Waals surface area contributed by atoms with Crippen LogP contribution in [-0.4, -0.2) is 22.1 Å². The van der Waals surface area contributed by atoms with Gasteiger partial charge in [0.1, 0.15) is 0 Å². The van der Waals surface area contributed by atoms with Gasteiger partial charge in [0, 0.05) is 23.5 Å². The van der Waals surface area contributed by atoms with E-state index in [9.17, 15) is 4.79 Å². The van der Waals surface area contributed by atoms with Crippen molar-refractivity contribution in [1.82, 2.24) is 4.98 Å². The Morgan fingerprint density at radius 3 is 2.95 bits per heavy atom. The number of carbonyl (C=O) groups is 1. The minimum atomic E-state index is -1.04. The Bertz CT molecular complexity index is 659. The van der Waals surface area contributed by atoms with E-state index in [1.807, 2.05) is 25.1 Å². The molecular weight excluding hydrogens is 240 g/mol. The van der Waals surface area contributed by atoms with Crippen molar-refractivity contribution in [3.8, 4) is 12.3 Å². The van der Waals surface area contributed by atoms with E-state index >= 15 is 0 Å². The first kappa shape index (κ1) is 12.9. The molecule has 4 nitrogen and oxygen atoms in total. The van der Waals surface area contributed by atoms with E-state index < -0.39 is 5.97 Å². The Labute approximate surface area is 111 Å². The van der Waals surface area contributed by atoms with Crippen LogP contribution >= 0.6 is 0 Å². The lowest BCUT2D eigenvalue weighted by Crippen LogP contribution is -2.15. The summed E-state index contributed by atoms with van der Waals surface area (Å²) in [5.41, 5.74) is 1.41. The summed E-state index contributed by atoms with van der Waals surface area (Å²) in [5.74, 6) is 1.54. The number of fused-ring (bicyclic) bond motifs is 1. The molecule has 2 N–H and O–H groups in total. The van der Waals surface area contributed by atoms with E-state index in [0.29, 0.717) is 11.9 Å². The highest BCUT2D eigenvalue weighted by atomic mass is 16.4. The summed E-state index contributed by atoms with van der Waals surface area (Å²) >= 11 is 0. The van der Waals surface area contributed by atoms with Crippen LogP contribution in [0.15, 0.2) is 30.3 Å². The first-order valence-electron chi connectivity index (χ1n) is 5.95. The maximum absolute atomic E-state index is 11.1. The number of para-hydroxylation sites is 1. The fourth-order valence-corrected chi connectivity index (χ4v) is 1.90. The number of benzene rings is 1. The largest absolute Gasteiger partial charge is 0.477 e. The van der Waals surface area contributed by atoms with Gasteiger partial charge >= 0.3 is 5.97 Å². The van der Waals surface area contributed by atoms with Crippen LogP contribution in [-0.2, 0) is 0 Å². The zero-order chi connectivity index (χ0) is 13.8. The minimum absolute atomic E-state index is 0.0223. The van der Waals surface area contributed by atoms with Crippen LogP contribution in [0.25, 0.3) is 10.9 Å². The van der Waals surface area contributed by atoms with Crippen LogP contribution in [0.5, 0.6) is 0 Å². The second-order valence-corrected chi connectivity index (χ2v) is 4.33. The molecule has 0 fully saturated rings. The Morgan fingerprint density at radius 1 is 1.53 bits per heavy atom. The van der Waals surface area contributed by atoms with Crippen LogP contribution in [0, 0.1) is 12.3 Å². The molecule has 1 aromatic carbocycles. The van der Waals surface area contributed by atoms with E-state index in [1.54, 1.807) is 6.07 Å². The first-order valence-corrected chi connectivity index (χ1v) is 5.95. The van der Waals surface area contributed by atoms with E-state index in [2.05, 4.69) is 16.2 Å². The molecule has 1 atom stereocenters. The quantitative estimate of drug-likeness (QED) is 0.823. The lowest BCUT2D eigenvalue weighted by atomic mass is 10.1. The average Bonchev–Trinajstić information content (AvgIpc) is 2.38. The van der Waals surface area contributed by atoms with Gasteiger partial charge in [-0.3, -0.25) is 0 Å². The third-order valence-corrected chi connectivity index (χ3v) is 2.76. The monoisotopic (exact) mass is 254 g/mol. The molecule has 0 aliphatic carbocycles. The van der Waals surface area contributed by atoms with Gasteiger partial charge < -0.3 is 10.4 Å². The van der Waals surface area contributed by atoms with Crippen LogP contribution in [0.3, 0.4) is 0 Å². The third kappa shape index (κ3) is 2.83. The number of carboxylic acids is 1. The molecule has 1 unspecified atom stereocenters. The molecular formula is C15H14N2O2. The molecule has 2 rings (SSSR count). The predicted molar refractivity (Wildman–Crippen MR) is 75.2 cm³/mol. The Hall–Kier alpha value is -2.54. The van der Waals surface area contributed by atoms with E-state index in [0.717, 1.165) is 11.1 Å². The fourth-order valence-electron chi connectivity index (χ4n) is 1.90. The molecule has 1 aromatic heterocycles. The zero-order valence-electron chi connectivity index (χ0n) is 10.6. The molecule has 96 valence electrons. The number of hydrogen-bond donors (Lipinski definition) is 2. The van der Waals surface area contributed by atoms with Crippen LogP contribution in [0.2, 0.25) is 0 Å². The molecule has 19 heavy (non-hydrogen) atoms. The molecule has 0 amide bonds. The maximum atomic E-state index is 11.1. The molecule has 0 aliphatic heterocycles. The number of hydrogen-bond acceptors (Lipinski definition) is 3. The van der Waals surface area contributed by atoms with Crippen molar-refractivity contribution in [2.45, 2.75) is 19.4 Å². The van der Waals surface area contributed by atoms with Gasteiger partial charge in [-0.1, -0.05) is 18.2 Å². The molecule has 2 aromatic rings. The van der Waals surface area contributed by atoms with Gasteiger partial charge in [-0.05, 0) is 19.1 Å². The zero-order valence-corrected chi connectivity index (χ0v) is 10.6. The number of terminal acetylenes is 1. The summed E-state index contributed by atoms with van der Waals surface area (Å²) in [4.78, 5) is 15.2. The number of nitrogens with zero attached hydrogens (tertiary/aromatic N) is 1. The molecule has 0 aliphatic rings. The lowest BCUT2D eigenvalue weighted by Gasteiger charge is -2.15.